The Kier molecular flexibility index (Phi) is 7.12. The summed E-state index contributed by atoms with van der Waals surface area (Å²) < 4.78 is 35.8. The number of rotatable bonds is 8. The minimum atomic E-state index is -0.276. The maximum atomic E-state index is 13.4. The van der Waals surface area contributed by atoms with E-state index in [1.165, 1.54) is 26.4 Å². The van der Waals surface area contributed by atoms with Crippen molar-refractivity contribution in [3.63, 3.8) is 0 Å². The number of ether oxygens (including phenoxy) is 3. The molecule has 1 saturated heterocycles. The summed E-state index contributed by atoms with van der Waals surface area (Å²) in [7, 11) is 3.08. The molecule has 1 atom stereocenters. The molecule has 0 spiro atoms. The largest absolute Gasteiger partial charge is 0.493 e. The molecule has 33 heavy (non-hydrogen) atoms. The van der Waals surface area contributed by atoms with Crippen LogP contribution in [0.25, 0.3) is 0 Å². The Morgan fingerprint density at radius 2 is 1.94 bits per heavy atom. The lowest BCUT2D eigenvalue weighted by molar-refractivity contribution is -0.134. The van der Waals surface area contributed by atoms with E-state index < -0.39 is 0 Å². The van der Waals surface area contributed by atoms with Crippen molar-refractivity contribution < 1.29 is 27.8 Å². The fourth-order valence-electron chi connectivity index (χ4n) is 4.03. The van der Waals surface area contributed by atoms with Gasteiger partial charge in [-0.3, -0.25) is 4.79 Å². The zero-order valence-electron chi connectivity index (χ0n) is 18.8. The summed E-state index contributed by atoms with van der Waals surface area (Å²) in [5.74, 6) is 2.29. The average Bonchev–Trinajstić information content (AvgIpc) is 3.30. The summed E-state index contributed by atoms with van der Waals surface area (Å²) in [4.78, 5) is 19.1. The van der Waals surface area contributed by atoms with E-state index in [1.54, 1.807) is 35.4 Å². The van der Waals surface area contributed by atoms with Crippen molar-refractivity contribution in [3.8, 4) is 17.2 Å². The third-order valence-corrected chi connectivity index (χ3v) is 5.68. The third kappa shape index (κ3) is 5.45. The van der Waals surface area contributed by atoms with Crippen LogP contribution >= 0.6 is 0 Å². The van der Waals surface area contributed by atoms with E-state index in [4.69, 9.17) is 18.6 Å². The maximum Gasteiger partial charge on any atom is 0.260 e. The van der Waals surface area contributed by atoms with E-state index in [0.29, 0.717) is 48.4 Å². The molecule has 8 heteroatoms. The highest BCUT2D eigenvalue weighted by Gasteiger charge is 2.28. The summed E-state index contributed by atoms with van der Waals surface area (Å²) >= 11 is 0. The first kappa shape index (κ1) is 22.6. The van der Waals surface area contributed by atoms with Crippen LogP contribution < -0.4 is 14.2 Å². The summed E-state index contributed by atoms with van der Waals surface area (Å²) in [6.07, 6.45) is 3.87. The second-order valence-corrected chi connectivity index (χ2v) is 7.93. The first-order chi connectivity index (χ1) is 16.1. The van der Waals surface area contributed by atoms with Crippen molar-refractivity contribution in [2.45, 2.75) is 25.2 Å². The molecule has 0 saturated carbocycles. The second kappa shape index (κ2) is 10.4. The van der Waals surface area contributed by atoms with Crippen LogP contribution in [0.4, 0.5) is 4.39 Å². The minimum Gasteiger partial charge on any atom is -0.493 e. The zero-order chi connectivity index (χ0) is 23.2. The van der Waals surface area contributed by atoms with Crippen LogP contribution in [0.5, 0.6) is 17.2 Å². The summed E-state index contributed by atoms with van der Waals surface area (Å²) in [5.41, 5.74) is 0.821. The number of carbonyl (C=O) groups is 1. The van der Waals surface area contributed by atoms with Crippen LogP contribution in [0.3, 0.4) is 0 Å². The number of amides is 1. The molecule has 1 aliphatic heterocycles. The smallest absolute Gasteiger partial charge is 0.260 e. The summed E-state index contributed by atoms with van der Waals surface area (Å²) in [5, 5.41) is 0. The zero-order valence-corrected chi connectivity index (χ0v) is 18.8. The number of hydrogen-bond acceptors (Lipinski definition) is 6. The summed E-state index contributed by atoms with van der Waals surface area (Å²) in [6.45, 7) is 1.03. The minimum absolute atomic E-state index is 0.00440. The van der Waals surface area contributed by atoms with Gasteiger partial charge >= 0.3 is 0 Å². The van der Waals surface area contributed by atoms with Gasteiger partial charge in [0.05, 0.1) is 26.3 Å². The van der Waals surface area contributed by atoms with Crippen molar-refractivity contribution in [1.29, 1.82) is 0 Å². The van der Waals surface area contributed by atoms with Crippen LogP contribution in [0.15, 0.2) is 53.1 Å². The standard InChI is InChI=1S/C25H27FN2O5/c1-30-21-9-4-10-22(31-2)24(21)32-16-23(29)28-11-5-7-18(15-28)25-27-14-20(33-25)13-17-6-3-8-19(26)12-17/h3-4,6,8-10,12,14,18H,5,7,11,13,15-16H2,1-2H3. The number of hydrogen-bond donors (Lipinski definition) is 0. The molecule has 2 heterocycles. The number of para-hydroxylation sites is 1. The van der Waals surface area contributed by atoms with Gasteiger partial charge in [-0.15, -0.1) is 0 Å². The predicted octanol–water partition coefficient (Wildman–Crippen LogP) is 4.21. The molecular formula is C25H27FN2O5. The highest BCUT2D eigenvalue weighted by Crippen LogP contribution is 2.37. The first-order valence-electron chi connectivity index (χ1n) is 10.9. The number of piperidine rings is 1. The number of likely N-dealkylation sites (tertiary alicyclic amines) is 1. The van der Waals surface area contributed by atoms with Crippen molar-refractivity contribution in [1.82, 2.24) is 9.88 Å². The molecule has 1 amide bonds. The number of oxazole rings is 1. The molecule has 0 radical (unpaired) electrons. The van der Waals surface area contributed by atoms with E-state index in [0.717, 1.165) is 18.4 Å². The lowest BCUT2D eigenvalue weighted by Gasteiger charge is -2.31. The van der Waals surface area contributed by atoms with Gasteiger partial charge in [0.2, 0.25) is 5.75 Å². The molecule has 1 fully saturated rings. The Morgan fingerprint density at radius 3 is 2.67 bits per heavy atom. The van der Waals surface area contributed by atoms with Crippen LogP contribution in [-0.2, 0) is 11.2 Å². The molecule has 1 aromatic heterocycles. The van der Waals surface area contributed by atoms with Crippen molar-refractivity contribution in [3.05, 3.63) is 71.7 Å². The van der Waals surface area contributed by atoms with E-state index in [9.17, 15) is 9.18 Å². The van der Waals surface area contributed by atoms with Gasteiger partial charge in [0.1, 0.15) is 11.6 Å². The Bertz CT molecular complexity index is 1080. The molecule has 7 nitrogen and oxygen atoms in total. The number of halogens is 1. The van der Waals surface area contributed by atoms with Crippen LogP contribution in [0.1, 0.15) is 36.0 Å². The average molecular weight is 454 g/mol. The SMILES string of the molecule is COc1cccc(OC)c1OCC(=O)N1CCCC(c2ncc(Cc3cccc(F)c3)o2)C1. The topological polar surface area (TPSA) is 74.0 Å². The molecule has 0 bridgehead atoms. The molecule has 174 valence electrons. The van der Waals surface area contributed by atoms with Crippen molar-refractivity contribution in [2.24, 2.45) is 0 Å². The molecule has 4 rings (SSSR count). The monoisotopic (exact) mass is 454 g/mol. The van der Waals surface area contributed by atoms with E-state index in [1.807, 2.05) is 6.07 Å². The normalized spacial score (nSPS) is 15.8. The van der Waals surface area contributed by atoms with Crippen molar-refractivity contribution in [2.75, 3.05) is 33.9 Å². The molecule has 1 aliphatic rings. The van der Waals surface area contributed by atoms with Gasteiger partial charge in [-0.25, -0.2) is 9.37 Å². The van der Waals surface area contributed by atoms with E-state index in [2.05, 4.69) is 4.98 Å². The molecule has 2 aromatic carbocycles. The Labute approximate surface area is 192 Å². The van der Waals surface area contributed by atoms with Gasteiger partial charge in [-0.1, -0.05) is 18.2 Å². The fourth-order valence-corrected chi connectivity index (χ4v) is 4.03. The Hall–Kier alpha value is -3.55. The van der Waals surface area contributed by atoms with Gasteiger partial charge in [0.15, 0.2) is 24.0 Å². The van der Waals surface area contributed by atoms with Gasteiger partial charge in [0, 0.05) is 19.5 Å². The van der Waals surface area contributed by atoms with Crippen LogP contribution in [-0.4, -0.2) is 49.7 Å². The lowest BCUT2D eigenvalue weighted by atomic mass is 9.98. The fraction of sp³-hybridized carbons (Fsp3) is 0.360. The number of methoxy groups -OCH3 is 2. The maximum absolute atomic E-state index is 13.4. The van der Waals surface area contributed by atoms with Crippen LogP contribution in [0.2, 0.25) is 0 Å². The Balaban J connectivity index is 1.37. The molecule has 0 N–H and O–H groups in total. The van der Waals surface area contributed by atoms with Gasteiger partial charge in [0.25, 0.3) is 5.91 Å². The number of aromatic nitrogens is 1. The quantitative estimate of drug-likeness (QED) is 0.508. The molecule has 3 aromatic rings. The Morgan fingerprint density at radius 1 is 1.18 bits per heavy atom. The van der Waals surface area contributed by atoms with E-state index >= 15 is 0 Å². The van der Waals surface area contributed by atoms with Gasteiger partial charge in [-0.05, 0) is 42.7 Å². The highest BCUT2D eigenvalue weighted by molar-refractivity contribution is 5.78. The highest BCUT2D eigenvalue weighted by atomic mass is 19.1. The number of benzene rings is 2. The molecular weight excluding hydrogens is 427 g/mol. The second-order valence-electron chi connectivity index (χ2n) is 7.93. The van der Waals surface area contributed by atoms with E-state index in [-0.39, 0.29) is 24.2 Å². The van der Waals surface area contributed by atoms with Crippen molar-refractivity contribution >= 4 is 5.91 Å². The number of nitrogens with zero attached hydrogens (tertiary/aromatic N) is 2. The first-order valence-corrected chi connectivity index (χ1v) is 10.9. The lowest BCUT2D eigenvalue weighted by Crippen LogP contribution is -2.41. The summed E-state index contributed by atoms with van der Waals surface area (Å²) in [6, 6.07) is 11.7. The van der Waals surface area contributed by atoms with Gasteiger partial charge < -0.3 is 23.5 Å². The van der Waals surface area contributed by atoms with Gasteiger partial charge in [-0.2, -0.15) is 0 Å². The van der Waals surface area contributed by atoms with Crippen LogP contribution in [0, 0.1) is 5.82 Å². The number of carbonyl (C=O) groups excluding carboxylic acids is 1. The predicted molar refractivity (Wildman–Crippen MR) is 119 cm³/mol. The molecule has 0 aliphatic carbocycles. The third-order valence-electron chi connectivity index (χ3n) is 5.68. The molecule has 1 unspecified atom stereocenters.